The molecule has 238 valence electrons. The zero-order valence-electron chi connectivity index (χ0n) is 24.2. The van der Waals surface area contributed by atoms with Gasteiger partial charge >= 0.3 is 14.0 Å². The third kappa shape index (κ3) is 9.03. The second kappa shape index (κ2) is 15.3. The van der Waals surface area contributed by atoms with E-state index in [0.717, 1.165) is 5.56 Å². The molecular formula is C28H30BrF3N8O4P+. The van der Waals surface area contributed by atoms with E-state index in [1.165, 1.54) is 25.4 Å². The quantitative estimate of drug-likeness (QED) is 0.113. The standard InChI is InChI=1S/C28H29BrF3N8O4P/c1-3-44-16-45(43)15-17-5-6-22(20(29)11-17)38-27-34-13-19(28(30,31)32)25(39-27)37-23-8-7-21(36-24(23)26(42)33-2)18-12-35-40(14-18)9-4-10-41/h5-8,11-14,41H,3-4,9-10,15-16H2,1-2H3,(H2-,33,34,37,38,39,42)/p+1. The van der Waals surface area contributed by atoms with E-state index in [1.807, 2.05) is 6.92 Å². The Morgan fingerprint density at radius 1 is 1.13 bits per heavy atom. The van der Waals surface area contributed by atoms with E-state index in [2.05, 4.69) is 51.9 Å². The number of halogens is 4. The van der Waals surface area contributed by atoms with Gasteiger partial charge in [-0.25, -0.2) is 9.97 Å². The van der Waals surface area contributed by atoms with Crippen LogP contribution in [0.1, 0.15) is 35.0 Å². The van der Waals surface area contributed by atoms with Gasteiger partial charge in [0, 0.05) is 54.8 Å². The molecule has 17 heteroatoms. The van der Waals surface area contributed by atoms with Gasteiger partial charge in [-0.3, -0.25) is 9.48 Å². The van der Waals surface area contributed by atoms with Crippen molar-refractivity contribution >= 4 is 52.8 Å². The molecule has 0 aliphatic carbocycles. The molecular weight excluding hydrogens is 680 g/mol. The summed E-state index contributed by atoms with van der Waals surface area (Å²) in [6, 6.07) is 8.10. The molecule has 0 saturated carbocycles. The fraction of sp³-hybridized carbons (Fsp3) is 0.321. The van der Waals surface area contributed by atoms with Crippen LogP contribution in [0, 0.1) is 0 Å². The summed E-state index contributed by atoms with van der Waals surface area (Å²) < 4.78 is 61.6. The van der Waals surface area contributed by atoms with Gasteiger partial charge in [0.15, 0.2) is 11.9 Å². The molecule has 1 unspecified atom stereocenters. The highest BCUT2D eigenvalue weighted by Crippen LogP contribution is 2.37. The molecule has 12 nitrogen and oxygen atoms in total. The average Bonchev–Trinajstić information content (AvgIpc) is 3.48. The lowest BCUT2D eigenvalue weighted by molar-refractivity contribution is -0.137. The number of amides is 1. The van der Waals surface area contributed by atoms with Crippen LogP contribution in [0.4, 0.5) is 36.3 Å². The molecule has 45 heavy (non-hydrogen) atoms. The topological polar surface area (TPSA) is 156 Å². The number of aliphatic hydroxyl groups excluding tert-OH is 1. The second-order valence-corrected chi connectivity index (χ2v) is 11.9. The van der Waals surface area contributed by atoms with Crippen molar-refractivity contribution in [2.24, 2.45) is 0 Å². The first-order valence-corrected chi connectivity index (χ1v) is 16.1. The maximum Gasteiger partial charge on any atom is 0.421 e. The SMILES string of the molecule is CCOC[P+](=O)Cc1ccc(Nc2ncc(C(F)(F)F)c(Nc3ccc(-c4cnn(CCCO)c4)nc3C(=O)NC)n2)c(Br)c1. The number of ether oxygens (including phenoxy) is 1. The molecule has 0 aliphatic heterocycles. The van der Waals surface area contributed by atoms with Gasteiger partial charge < -0.3 is 25.8 Å². The van der Waals surface area contributed by atoms with Gasteiger partial charge in [0.1, 0.15) is 11.4 Å². The minimum absolute atomic E-state index is 0.00270. The number of hydrogen-bond acceptors (Lipinski definition) is 10. The fourth-order valence-corrected chi connectivity index (χ4v) is 5.66. The van der Waals surface area contributed by atoms with Crippen molar-refractivity contribution in [1.29, 1.82) is 0 Å². The van der Waals surface area contributed by atoms with Crippen LogP contribution < -0.4 is 16.0 Å². The molecule has 4 rings (SSSR count). The Bertz CT molecular complexity index is 1670. The number of carbonyl (C=O) groups is 1. The summed E-state index contributed by atoms with van der Waals surface area (Å²) >= 11 is 3.43. The molecule has 0 radical (unpaired) electrons. The van der Waals surface area contributed by atoms with E-state index in [4.69, 9.17) is 9.84 Å². The fourth-order valence-electron chi connectivity index (χ4n) is 4.06. The van der Waals surface area contributed by atoms with E-state index in [0.29, 0.717) is 53.3 Å². The van der Waals surface area contributed by atoms with Crippen LogP contribution in [-0.4, -0.2) is 62.4 Å². The summed E-state index contributed by atoms with van der Waals surface area (Å²) in [5.41, 5.74) is 0.837. The number of nitrogens with zero attached hydrogens (tertiary/aromatic N) is 5. The molecule has 1 atom stereocenters. The van der Waals surface area contributed by atoms with Gasteiger partial charge in [-0.15, -0.1) is 0 Å². The Morgan fingerprint density at radius 2 is 1.91 bits per heavy atom. The molecule has 4 aromatic rings. The summed E-state index contributed by atoms with van der Waals surface area (Å²) in [6.07, 6.45) is -0.00597. The van der Waals surface area contributed by atoms with Crippen molar-refractivity contribution in [2.45, 2.75) is 32.2 Å². The highest BCUT2D eigenvalue weighted by Gasteiger charge is 2.36. The van der Waals surface area contributed by atoms with Crippen molar-refractivity contribution in [1.82, 2.24) is 30.0 Å². The smallest absolute Gasteiger partial charge is 0.396 e. The second-order valence-electron chi connectivity index (χ2n) is 9.52. The first-order chi connectivity index (χ1) is 21.5. The van der Waals surface area contributed by atoms with Crippen LogP contribution in [0.25, 0.3) is 11.3 Å². The lowest BCUT2D eigenvalue weighted by atomic mass is 10.1. The third-order valence-electron chi connectivity index (χ3n) is 6.24. The number of carbonyl (C=O) groups excluding carboxylic acids is 1. The molecule has 0 saturated heterocycles. The van der Waals surface area contributed by atoms with E-state index in [1.54, 1.807) is 29.1 Å². The zero-order chi connectivity index (χ0) is 32.6. The van der Waals surface area contributed by atoms with E-state index >= 15 is 0 Å². The van der Waals surface area contributed by atoms with E-state index in [-0.39, 0.29) is 30.3 Å². The van der Waals surface area contributed by atoms with E-state index in [9.17, 15) is 22.5 Å². The summed E-state index contributed by atoms with van der Waals surface area (Å²) in [4.78, 5) is 25.1. The van der Waals surface area contributed by atoms with Gasteiger partial charge in [-0.05, 0) is 53.5 Å². The Morgan fingerprint density at radius 3 is 2.60 bits per heavy atom. The number of hydrogen-bond donors (Lipinski definition) is 4. The minimum Gasteiger partial charge on any atom is -0.396 e. The van der Waals surface area contributed by atoms with Crippen LogP contribution in [0.3, 0.4) is 0 Å². The lowest BCUT2D eigenvalue weighted by Gasteiger charge is -2.17. The molecule has 1 aromatic carbocycles. The van der Waals surface area contributed by atoms with Gasteiger partial charge in [-0.2, -0.15) is 23.3 Å². The highest BCUT2D eigenvalue weighted by molar-refractivity contribution is 9.10. The largest absolute Gasteiger partial charge is 0.421 e. The average molecular weight is 710 g/mol. The monoisotopic (exact) mass is 709 g/mol. The first-order valence-electron chi connectivity index (χ1n) is 13.7. The predicted octanol–water partition coefficient (Wildman–Crippen LogP) is 6.07. The van der Waals surface area contributed by atoms with Crippen molar-refractivity contribution in [3.63, 3.8) is 0 Å². The Balaban J connectivity index is 1.63. The number of rotatable bonds is 14. The maximum absolute atomic E-state index is 14.0. The molecule has 1 amide bonds. The van der Waals surface area contributed by atoms with Gasteiger partial charge in [-0.1, -0.05) is 10.6 Å². The van der Waals surface area contributed by atoms with Crippen LogP contribution in [-0.2, 0) is 28.2 Å². The molecule has 0 spiro atoms. The summed E-state index contributed by atoms with van der Waals surface area (Å²) in [5.74, 6) is -1.39. The number of nitrogens with one attached hydrogen (secondary N) is 3. The van der Waals surface area contributed by atoms with Gasteiger partial charge in [0.05, 0.1) is 23.3 Å². The third-order valence-corrected chi connectivity index (χ3v) is 8.08. The number of pyridine rings is 1. The highest BCUT2D eigenvalue weighted by atomic mass is 79.9. The molecule has 3 aromatic heterocycles. The first kappa shape index (κ1) is 33.9. The van der Waals surface area contributed by atoms with Crippen LogP contribution in [0.15, 0.2) is 53.4 Å². The zero-order valence-corrected chi connectivity index (χ0v) is 26.7. The van der Waals surface area contributed by atoms with Crippen LogP contribution in [0.2, 0.25) is 0 Å². The van der Waals surface area contributed by atoms with E-state index < -0.39 is 31.3 Å². The van der Waals surface area contributed by atoms with Crippen molar-refractivity contribution < 1.29 is 32.4 Å². The molecule has 0 bridgehead atoms. The molecule has 0 fully saturated rings. The van der Waals surface area contributed by atoms with Gasteiger partial charge in [0.2, 0.25) is 12.3 Å². The number of aromatic nitrogens is 5. The lowest BCUT2D eigenvalue weighted by Crippen LogP contribution is -2.21. The number of aliphatic hydroxyl groups is 1. The van der Waals surface area contributed by atoms with Crippen LogP contribution in [0.5, 0.6) is 0 Å². The molecule has 4 N–H and O–H groups in total. The summed E-state index contributed by atoms with van der Waals surface area (Å²) in [5, 5.41) is 21.2. The normalized spacial score (nSPS) is 11.8. The number of anilines is 4. The minimum atomic E-state index is -4.81. The van der Waals surface area contributed by atoms with Crippen LogP contribution >= 0.6 is 23.7 Å². The maximum atomic E-state index is 14.0. The Hall–Kier alpha value is -3.98. The number of benzene rings is 1. The number of alkyl halides is 3. The number of aryl methyl sites for hydroxylation is 1. The predicted molar refractivity (Wildman–Crippen MR) is 166 cm³/mol. The Labute approximate surface area is 265 Å². The summed E-state index contributed by atoms with van der Waals surface area (Å²) in [6.45, 7) is 2.75. The molecule has 0 aliphatic rings. The van der Waals surface area contributed by atoms with Crippen molar-refractivity contribution in [3.8, 4) is 11.3 Å². The van der Waals surface area contributed by atoms with Crippen molar-refractivity contribution in [2.75, 3.05) is 37.2 Å². The van der Waals surface area contributed by atoms with Crippen molar-refractivity contribution in [3.05, 3.63) is 70.2 Å². The Kier molecular flexibility index (Phi) is 11.6. The summed E-state index contributed by atoms with van der Waals surface area (Å²) in [7, 11) is -0.225. The molecule has 3 heterocycles. The van der Waals surface area contributed by atoms with Gasteiger partial charge in [0.25, 0.3) is 5.91 Å².